The molecule has 0 spiro atoms. The molecule has 0 aliphatic heterocycles. The Balaban J connectivity index is 2.52. The second-order valence-corrected chi connectivity index (χ2v) is 3.46. The molecule has 5 nitrogen and oxygen atoms in total. The van der Waals surface area contributed by atoms with Crippen LogP contribution in [0, 0.1) is 0 Å². The van der Waals surface area contributed by atoms with Crippen LogP contribution in [0.2, 0.25) is 0 Å². The predicted octanol–water partition coefficient (Wildman–Crippen LogP) is 1.60. The summed E-state index contributed by atoms with van der Waals surface area (Å²) in [5.41, 5.74) is 1.70. The average Bonchev–Trinajstić information content (AvgIpc) is 2.32. The molecule has 0 saturated heterocycles. The summed E-state index contributed by atoms with van der Waals surface area (Å²) in [6.45, 7) is 1.44. The van der Waals surface area contributed by atoms with Crippen molar-refractivity contribution < 1.29 is 14.3 Å². The van der Waals surface area contributed by atoms with Crippen LogP contribution in [0.4, 0.5) is 10.5 Å². The molecule has 0 atom stereocenters. The van der Waals surface area contributed by atoms with Gasteiger partial charge >= 0.3 is 6.03 Å². The molecule has 0 aromatic heterocycles. The van der Waals surface area contributed by atoms with E-state index in [9.17, 15) is 4.79 Å². The van der Waals surface area contributed by atoms with Crippen molar-refractivity contribution in [3.8, 4) is 0 Å². The number of methoxy groups -OCH3 is 2. The Kier molecular flexibility index (Phi) is 6.06. The van der Waals surface area contributed by atoms with E-state index in [2.05, 4.69) is 10.6 Å². The topological polar surface area (TPSA) is 59.6 Å². The van der Waals surface area contributed by atoms with Crippen LogP contribution in [0.25, 0.3) is 0 Å². The van der Waals surface area contributed by atoms with E-state index in [1.807, 2.05) is 24.3 Å². The molecule has 2 N–H and O–H groups in total. The van der Waals surface area contributed by atoms with Crippen LogP contribution in [-0.4, -0.2) is 33.4 Å². The number of amides is 2. The second-order valence-electron chi connectivity index (χ2n) is 3.46. The van der Waals surface area contributed by atoms with Gasteiger partial charge in [-0.05, 0) is 6.07 Å². The molecule has 0 saturated carbocycles. The molecule has 0 radical (unpaired) electrons. The minimum absolute atomic E-state index is 0.245. The van der Waals surface area contributed by atoms with Crippen molar-refractivity contribution in [2.45, 2.75) is 6.61 Å². The van der Waals surface area contributed by atoms with Crippen LogP contribution in [0.5, 0.6) is 0 Å². The number of hydrogen-bond acceptors (Lipinski definition) is 3. The Morgan fingerprint density at radius 2 is 2.00 bits per heavy atom. The molecular formula is C12H18N2O3. The van der Waals surface area contributed by atoms with Crippen LogP contribution in [0.1, 0.15) is 5.56 Å². The normalized spacial score (nSPS) is 10.0. The summed E-state index contributed by atoms with van der Waals surface area (Å²) in [6.07, 6.45) is 0. The van der Waals surface area contributed by atoms with Gasteiger partial charge in [-0.1, -0.05) is 18.2 Å². The standard InChI is InChI=1S/C12H18N2O3/c1-16-8-7-13-12(15)14-11-6-4-3-5-10(11)9-17-2/h3-6H,7-9H2,1-2H3,(H2,13,14,15). The highest BCUT2D eigenvalue weighted by atomic mass is 16.5. The molecule has 0 unspecified atom stereocenters. The van der Waals surface area contributed by atoms with E-state index in [1.54, 1.807) is 14.2 Å². The molecule has 5 heteroatoms. The summed E-state index contributed by atoms with van der Waals surface area (Å²) < 4.78 is 9.90. The van der Waals surface area contributed by atoms with Crippen molar-refractivity contribution >= 4 is 11.7 Å². The summed E-state index contributed by atoms with van der Waals surface area (Å²) in [6, 6.07) is 7.27. The summed E-state index contributed by atoms with van der Waals surface area (Å²) in [5.74, 6) is 0. The van der Waals surface area contributed by atoms with Crippen LogP contribution < -0.4 is 10.6 Å². The lowest BCUT2D eigenvalue weighted by atomic mass is 10.2. The number of para-hydroxylation sites is 1. The van der Waals surface area contributed by atoms with Gasteiger partial charge in [-0.3, -0.25) is 0 Å². The van der Waals surface area contributed by atoms with Gasteiger partial charge in [0.05, 0.1) is 13.2 Å². The fourth-order valence-electron chi connectivity index (χ4n) is 1.36. The monoisotopic (exact) mass is 238 g/mol. The molecule has 94 valence electrons. The summed E-state index contributed by atoms with van der Waals surface area (Å²) in [4.78, 5) is 11.5. The number of benzene rings is 1. The van der Waals surface area contributed by atoms with Crippen molar-refractivity contribution in [1.29, 1.82) is 0 Å². The van der Waals surface area contributed by atoms with Gasteiger partial charge in [0, 0.05) is 32.0 Å². The quantitative estimate of drug-likeness (QED) is 0.740. The van der Waals surface area contributed by atoms with Gasteiger partial charge < -0.3 is 20.1 Å². The zero-order valence-corrected chi connectivity index (χ0v) is 10.2. The Labute approximate surface area is 101 Å². The van der Waals surface area contributed by atoms with Crippen LogP contribution >= 0.6 is 0 Å². The fraction of sp³-hybridized carbons (Fsp3) is 0.417. The number of urea groups is 1. The van der Waals surface area contributed by atoms with Crippen LogP contribution in [0.3, 0.4) is 0 Å². The third-order valence-electron chi connectivity index (χ3n) is 2.16. The molecule has 0 bridgehead atoms. The first kappa shape index (κ1) is 13.5. The van der Waals surface area contributed by atoms with E-state index in [1.165, 1.54) is 0 Å². The van der Waals surface area contributed by atoms with Crippen LogP contribution in [0.15, 0.2) is 24.3 Å². The molecule has 0 fully saturated rings. The third kappa shape index (κ3) is 4.84. The molecule has 0 aliphatic carbocycles. The zero-order chi connectivity index (χ0) is 12.5. The average molecular weight is 238 g/mol. The van der Waals surface area contributed by atoms with Gasteiger partial charge in [-0.15, -0.1) is 0 Å². The van der Waals surface area contributed by atoms with E-state index in [4.69, 9.17) is 9.47 Å². The molecule has 0 heterocycles. The van der Waals surface area contributed by atoms with E-state index < -0.39 is 0 Å². The van der Waals surface area contributed by atoms with Crippen molar-refractivity contribution in [3.05, 3.63) is 29.8 Å². The molecule has 0 aliphatic rings. The van der Waals surface area contributed by atoms with Gasteiger partial charge in [0.25, 0.3) is 0 Å². The number of carbonyl (C=O) groups is 1. The van der Waals surface area contributed by atoms with Crippen LogP contribution in [-0.2, 0) is 16.1 Å². The summed E-state index contributed by atoms with van der Waals surface area (Å²) in [7, 11) is 3.21. The molecule has 17 heavy (non-hydrogen) atoms. The van der Waals surface area contributed by atoms with Gasteiger partial charge in [0.15, 0.2) is 0 Å². The highest BCUT2D eigenvalue weighted by Gasteiger charge is 2.05. The first-order chi connectivity index (χ1) is 8.27. The summed E-state index contributed by atoms with van der Waals surface area (Å²) in [5, 5.41) is 5.45. The predicted molar refractivity (Wildman–Crippen MR) is 66.1 cm³/mol. The Morgan fingerprint density at radius 3 is 2.71 bits per heavy atom. The van der Waals surface area contributed by atoms with Crippen molar-refractivity contribution in [2.24, 2.45) is 0 Å². The van der Waals surface area contributed by atoms with Crippen molar-refractivity contribution in [3.63, 3.8) is 0 Å². The SMILES string of the molecule is COCCNC(=O)Nc1ccccc1COC. The Morgan fingerprint density at radius 1 is 1.24 bits per heavy atom. The minimum atomic E-state index is -0.245. The number of carbonyl (C=O) groups excluding carboxylic acids is 1. The first-order valence-electron chi connectivity index (χ1n) is 5.38. The maximum absolute atomic E-state index is 11.5. The largest absolute Gasteiger partial charge is 0.383 e. The van der Waals surface area contributed by atoms with Gasteiger partial charge in [-0.25, -0.2) is 4.79 Å². The zero-order valence-electron chi connectivity index (χ0n) is 10.2. The minimum Gasteiger partial charge on any atom is -0.383 e. The number of hydrogen-bond donors (Lipinski definition) is 2. The van der Waals surface area contributed by atoms with Crippen molar-refractivity contribution in [2.75, 3.05) is 32.7 Å². The Hall–Kier alpha value is -1.59. The maximum atomic E-state index is 11.5. The lowest BCUT2D eigenvalue weighted by Gasteiger charge is -2.11. The van der Waals surface area contributed by atoms with Gasteiger partial charge in [0.2, 0.25) is 0 Å². The molecule has 1 aromatic carbocycles. The van der Waals surface area contributed by atoms with E-state index >= 15 is 0 Å². The second kappa shape index (κ2) is 7.65. The number of ether oxygens (including phenoxy) is 2. The van der Waals surface area contributed by atoms with Gasteiger partial charge in [0.1, 0.15) is 0 Å². The van der Waals surface area contributed by atoms with E-state index in [-0.39, 0.29) is 6.03 Å². The molecule has 2 amide bonds. The number of anilines is 1. The summed E-state index contributed by atoms with van der Waals surface area (Å²) >= 11 is 0. The number of nitrogens with one attached hydrogen (secondary N) is 2. The first-order valence-corrected chi connectivity index (χ1v) is 5.38. The Bertz CT molecular complexity index is 355. The van der Waals surface area contributed by atoms with Gasteiger partial charge in [-0.2, -0.15) is 0 Å². The lowest BCUT2D eigenvalue weighted by Crippen LogP contribution is -2.31. The third-order valence-corrected chi connectivity index (χ3v) is 2.16. The smallest absolute Gasteiger partial charge is 0.319 e. The highest BCUT2D eigenvalue weighted by molar-refractivity contribution is 5.90. The van der Waals surface area contributed by atoms with E-state index in [0.29, 0.717) is 19.8 Å². The fourth-order valence-corrected chi connectivity index (χ4v) is 1.36. The highest BCUT2D eigenvalue weighted by Crippen LogP contribution is 2.15. The molecule has 1 rings (SSSR count). The van der Waals surface area contributed by atoms with E-state index in [0.717, 1.165) is 11.3 Å². The lowest BCUT2D eigenvalue weighted by molar-refractivity contribution is 0.185. The maximum Gasteiger partial charge on any atom is 0.319 e. The molecule has 1 aromatic rings. The van der Waals surface area contributed by atoms with Crippen molar-refractivity contribution in [1.82, 2.24) is 5.32 Å². The molecular weight excluding hydrogens is 220 g/mol. The number of rotatable bonds is 6.